The summed E-state index contributed by atoms with van der Waals surface area (Å²) < 4.78 is 11.5. The van der Waals surface area contributed by atoms with Crippen molar-refractivity contribution in [2.75, 3.05) is 6.61 Å². The van der Waals surface area contributed by atoms with Gasteiger partial charge in [0.25, 0.3) is 5.91 Å². The molecule has 0 aromatic rings. The third-order valence-electron chi connectivity index (χ3n) is 0.768. The fourth-order valence-corrected chi connectivity index (χ4v) is 0.372. The van der Waals surface area contributed by atoms with Gasteiger partial charge in [0.15, 0.2) is 0 Å². The van der Waals surface area contributed by atoms with Gasteiger partial charge < -0.3 is 5.11 Å². The van der Waals surface area contributed by atoms with E-state index in [1.165, 1.54) is 0 Å². The zero-order valence-corrected chi connectivity index (χ0v) is 5.69. The Kier molecular flexibility index (Phi) is 4.78. The van der Waals surface area contributed by atoms with Crippen LogP contribution in [0.3, 0.4) is 0 Å². The number of hydrogen-bond donors (Lipinski definition) is 2. The van der Waals surface area contributed by atoms with Crippen LogP contribution in [0.25, 0.3) is 0 Å². The second kappa shape index (κ2) is 5.13. The van der Waals surface area contributed by atoms with Crippen molar-refractivity contribution < 1.29 is 14.4 Å². The molecule has 0 aromatic carbocycles. The van der Waals surface area contributed by atoms with Crippen LogP contribution in [0.5, 0.6) is 0 Å². The Bertz CT molecular complexity index is 165. The maximum atomic E-state index is 11.5. The van der Waals surface area contributed by atoms with Crippen molar-refractivity contribution in [3.8, 4) is 0 Å². The van der Waals surface area contributed by atoms with E-state index in [0.29, 0.717) is 0 Å². The lowest BCUT2D eigenvalue weighted by Crippen LogP contribution is -2.33. The summed E-state index contributed by atoms with van der Waals surface area (Å²) in [7, 11) is 0. The first-order valence-electron chi connectivity index (χ1n) is 2.35. The molecule has 0 fully saturated rings. The van der Waals surface area contributed by atoms with Gasteiger partial charge in [-0.15, -0.1) is 10.0 Å². The summed E-state index contributed by atoms with van der Waals surface area (Å²) in [6.45, 7) is -0.657. The number of aliphatic hydroxyl groups excluding tert-OH is 1. The number of carbonyl (C=O) groups excluding carboxylic acids is 1. The largest absolute Gasteiger partial charge is 0.394 e. The summed E-state index contributed by atoms with van der Waals surface area (Å²) in [4.78, 5) is 13.4. The van der Waals surface area contributed by atoms with Crippen molar-refractivity contribution in [1.29, 1.82) is 0 Å². The summed E-state index contributed by atoms with van der Waals surface area (Å²) in [5, 5.41) is 10.0. The van der Waals surface area contributed by atoms with E-state index in [4.69, 9.17) is 5.11 Å². The van der Waals surface area contributed by atoms with Crippen LogP contribution in [0.4, 0.5) is 4.48 Å². The summed E-state index contributed by atoms with van der Waals surface area (Å²) in [6, 6.07) is -1.32. The highest BCUT2D eigenvalue weighted by Gasteiger charge is 2.14. The number of halogens is 1. The van der Waals surface area contributed by atoms with Crippen LogP contribution in [0.2, 0.25) is 0 Å². The first-order valence-corrected chi connectivity index (χ1v) is 2.75. The van der Waals surface area contributed by atoms with Gasteiger partial charge in [0, 0.05) is 0 Å². The van der Waals surface area contributed by atoms with Crippen LogP contribution >= 0.6 is 12.2 Å². The minimum Gasteiger partial charge on any atom is -0.394 e. The van der Waals surface area contributed by atoms with Crippen LogP contribution in [-0.4, -0.2) is 28.8 Å². The Hall–Kier alpha value is -0.680. The summed E-state index contributed by atoms with van der Waals surface area (Å²) in [5.41, 5.74) is 1.06. The average Bonchev–Trinajstić information content (AvgIpc) is 1.91. The highest BCUT2D eigenvalue weighted by Crippen LogP contribution is 1.85. The maximum absolute atomic E-state index is 11.5. The summed E-state index contributed by atoms with van der Waals surface area (Å²) in [5.74, 6) is -0.875. The fourth-order valence-electron chi connectivity index (χ4n) is 0.282. The SMILES string of the molecule is O=C(N=C=S)[C@H](CO)NF. The lowest BCUT2D eigenvalue weighted by molar-refractivity contribution is -0.121. The average molecular weight is 164 g/mol. The number of carbonyl (C=O) groups is 1. The molecule has 0 aliphatic heterocycles. The van der Waals surface area contributed by atoms with E-state index in [1.807, 2.05) is 0 Å². The quantitative estimate of drug-likeness (QED) is 0.334. The maximum Gasteiger partial charge on any atom is 0.276 e. The van der Waals surface area contributed by atoms with Crippen molar-refractivity contribution in [1.82, 2.24) is 5.54 Å². The van der Waals surface area contributed by atoms with Crippen molar-refractivity contribution in [3.05, 3.63) is 0 Å². The number of hydrogen-bond acceptors (Lipinski definition) is 4. The third-order valence-corrected chi connectivity index (χ3v) is 0.859. The number of amides is 1. The second-order valence-electron chi connectivity index (χ2n) is 1.39. The van der Waals surface area contributed by atoms with Crippen LogP contribution in [0.1, 0.15) is 0 Å². The molecule has 0 spiro atoms. The Morgan fingerprint density at radius 1 is 2.00 bits per heavy atom. The van der Waals surface area contributed by atoms with E-state index in [1.54, 1.807) is 5.16 Å². The lowest BCUT2D eigenvalue weighted by atomic mass is 10.3. The number of rotatable bonds is 3. The molecule has 0 saturated heterocycles. The van der Waals surface area contributed by atoms with Gasteiger partial charge in [0.1, 0.15) is 6.04 Å². The van der Waals surface area contributed by atoms with Gasteiger partial charge in [0.05, 0.1) is 11.8 Å². The fraction of sp³-hybridized carbons (Fsp3) is 0.500. The molecule has 56 valence electrons. The highest BCUT2D eigenvalue weighted by atomic mass is 32.1. The van der Waals surface area contributed by atoms with Crippen LogP contribution in [-0.2, 0) is 4.79 Å². The molecule has 0 bridgehead atoms. The molecule has 0 saturated carbocycles. The minimum atomic E-state index is -1.32. The van der Waals surface area contributed by atoms with Gasteiger partial charge in [0.2, 0.25) is 0 Å². The Labute approximate surface area is 61.7 Å². The molecule has 10 heavy (non-hydrogen) atoms. The third kappa shape index (κ3) is 2.75. The lowest BCUT2D eigenvalue weighted by Gasteiger charge is -2.01. The van der Waals surface area contributed by atoms with Crippen LogP contribution < -0.4 is 5.54 Å². The highest BCUT2D eigenvalue weighted by molar-refractivity contribution is 7.78. The normalized spacial score (nSPS) is 11.8. The summed E-state index contributed by atoms with van der Waals surface area (Å²) in [6.07, 6.45) is 0. The zero-order chi connectivity index (χ0) is 7.98. The van der Waals surface area contributed by atoms with E-state index in [2.05, 4.69) is 17.2 Å². The molecular formula is C4H5FN2O2S. The molecule has 4 nitrogen and oxygen atoms in total. The van der Waals surface area contributed by atoms with Crippen LogP contribution in [0, 0.1) is 0 Å². The number of aliphatic imine (C=N–C) groups is 1. The van der Waals surface area contributed by atoms with Crippen molar-refractivity contribution in [3.63, 3.8) is 0 Å². The predicted octanol–water partition coefficient (Wildman–Crippen LogP) is -0.549. The number of isothiocyanates is 1. The predicted molar refractivity (Wildman–Crippen MR) is 35.2 cm³/mol. The number of nitrogens with zero attached hydrogens (tertiary/aromatic N) is 1. The number of thiocarbonyl (C=S) groups is 1. The molecule has 0 unspecified atom stereocenters. The van der Waals surface area contributed by atoms with Gasteiger partial charge in [-0.2, -0.15) is 4.99 Å². The molecule has 0 aromatic heterocycles. The van der Waals surface area contributed by atoms with E-state index in [9.17, 15) is 9.28 Å². The van der Waals surface area contributed by atoms with Gasteiger partial charge in [-0.25, -0.2) is 0 Å². The Morgan fingerprint density at radius 2 is 2.60 bits per heavy atom. The molecule has 6 heteroatoms. The number of aliphatic hydroxyl groups is 1. The molecule has 0 radical (unpaired) electrons. The summed E-state index contributed by atoms with van der Waals surface area (Å²) >= 11 is 4.07. The minimum absolute atomic E-state index is 0.657. The molecular weight excluding hydrogens is 159 g/mol. The molecule has 2 N–H and O–H groups in total. The standard InChI is InChI=1S/C4H5FN2O2S/c5-7-3(1-8)4(9)6-2-10/h3,7-8H,1H2/t3-/m0/s1. The Morgan fingerprint density at radius 3 is 2.90 bits per heavy atom. The van der Waals surface area contributed by atoms with Gasteiger partial charge >= 0.3 is 0 Å². The molecule has 0 aliphatic carbocycles. The van der Waals surface area contributed by atoms with Gasteiger partial charge in [-0.1, -0.05) is 0 Å². The van der Waals surface area contributed by atoms with E-state index < -0.39 is 18.6 Å². The molecule has 1 atom stereocenters. The number of nitrogens with one attached hydrogen (secondary N) is 1. The Balaban J connectivity index is 4.01. The second-order valence-corrected chi connectivity index (χ2v) is 1.57. The zero-order valence-electron chi connectivity index (χ0n) is 4.87. The van der Waals surface area contributed by atoms with Crippen molar-refractivity contribution in [2.24, 2.45) is 4.99 Å². The van der Waals surface area contributed by atoms with Crippen molar-refractivity contribution in [2.45, 2.75) is 6.04 Å². The van der Waals surface area contributed by atoms with E-state index in [-0.39, 0.29) is 0 Å². The van der Waals surface area contributed by atoms with E-state index >= 15 is 0 Å². The smallest absolute Gasteiger partial charge is 0.276 e. The first kappa shape index (κ1) is 9.32. The van der Waals surface area contributed by atoms with Gasteiger partial charge in [-0.05, 0) is 12.2 Å². The monoisotopic (exact) mass is 164 g/mol. The molecule has 0 aliphatic rings. The van der Waals surface area contributed by atoms with Crippen molar-refractivity contribution >= 4 is 23.3 Å². The first-order chi connectivity index (χ1) is 4.76. The molecule has 0 heterocycles. The topological polar surface area (TPSA) is 61.7 Å². The molecule has 0 rings (SSSR count). The molecule has 1 amide bonds. The van der Waals surface area contributed by atoms with Gasteiger partial charge in [-0.3, -0.25) is 4.79 Å². The van der Waals surface area contributed by atoms with Crippen LogP contribution in [0.15, 0.2) is 4.99 Å². The van der Waals surface area contributed by atoms with E-state index in [0.717, 1.165) is 5.54 Å².